The van der Waals surface area contributed by atoms with Gasteiger partial charge in [0.25, 0.3) is 5.69 Å². The van der Waals surface area contributed by atoms with E-state index < -0.39 is 4.92 Å². The maximum atomic E-state index is 11.4. The van der Waals surface area contributed by atoms with Crippen molar-refractivity contribution in [1.29, 1.82) is 0 Å². The van der Waals surface area contributed by atoms with Crippen molar-refractivity contribution in [2.75, 3.05) is 11.4 Å². The summed E-state index contributed by atoms with van der Waals surface area (Å²) in [5.74, 6) is 0.413. The normalized spacial score (nSPS) is 22.6. The van der Waals surface area contributed by atoms with E-state index in [1.165, 1.54) is 13.0 Å². The van der Waals surface area contributed by atoms with Crippen molar-refractivity contribution in [1.82, 2.24) is 0 Å². The third-order valence-corrected chi connectivity index (χ3v) is 4.03. The predicted octanol–water partition coefficient (Wildman–Crippen LogP) is 3.42. The van der Waals surface area contributed by atoms with Gasteiger partial charge in [0.2, 0.25) is 0 Å². The van der Waals surface area contributed by atoms with Crippen molar-refractivity contribution in [3.05, 3.63) is 33.9 Å². The van der Waals surface area contributed by atoms with E-state index in [1.807, 2.05) is 6.07 Å². The van der Waals surface area contributed by atoms with E-state index in [9.17, 15) is 14.9 Å². The molecule has 5 heteroatoms. The van der Waals surface area contributed by atoms with Gasteiger partial charge in [-0.2, -0.15) is 0 Å². The highest BCUT2D eigenvalue weighted by Gasteiger charge is 2.26. The Morgan fingerprint density at radius 2 is 2.10 bits per heavy atom. The summed E-state index contributed by atoms with van der Waals surface area (Å²) in [6, 6.07) is 5.28. The van der Waals surface area contributed by atoms with Crippen molar-refractivity contribution in [2.24, 2.45) is 5.92 Å². The van der Waals surface area contributed by atoms with Gasteiger partial charge in [0, 0.05) is 24.3 Å². The molecule has 1 aliphatic heterocycles. The van der Waals surface area contributed by atoms with E-state index >= 15 is 0 Å². The number of carbonyl (C=O) groups excluding carboxylic acids is 1. The zero-order chi connectivity index (χ0) is 14.9. The van der Waals surface area contributed by atoms with Gasteiger partial charge in [0.15, 0.2) is 5.78 Å². The number of Topliss-reactive ketones (excluding diaryl/α,β-unsaturated/α-hetero) is 1. The highest BCUT2D eigenvalue weighted by Crippen LogP contribution is 2.31. The molecule has 1 saturated heterocycles. The van der Waals surface area contributed by atoms with E-state index in [1.54, 1.807) is 6.07 Å². The molecule has 0 aliphatic carbocycles. The average molecular weight is 276 g/mol. The minimum atomic E-state index is -0.475. The number of anilines is 1. The molecule has 1 aromatic rings. The monoisotopic (exact) mass is 276 g/mol. The Bertz CT molecular complexity index is 542. The molecule has 1 aliphatic rings. The van der Waals surface area contributed by atoms with Gasteiger partial charge in [-0.25, -0.2) is 0 Å². The van der Waals surface area contributed by atoms with Gasteiger partial charge in [0.05, 0.1) is 10.5 Å². The fourth-order valence-corrected chi connectivity index (χ4v) is 2.94. The van der Waals surface area contributed by atoms with Crippen LogP contribution < -0.4 is 4.90 Å². The standard InChI is InChI=1S/C15H20N2O3/c1-10-6-7-16(11(2)8-10)13-4-5-14(12(3)18)15(9-13)17(19)20/h4-5,9-11H,6-8H2,1-3H3. The highest BCUT2D eigenvalue weighted by molar-refractivity contribution is 5.98. The van der Waals surface area contributed by atoms with Crippen molar-refractivity contribution < 1.29 is 9.72 Å². The molecule has 1 heterocycles. The lowest BCUT2D eigenvalue weighted by Crippen LogP contribution is -2.40. The number of ketones is 1. The second kappa shape index (κ2) is 5.61. The fourth-order valence-electron chi connectivity index (χ4n) is 2.94. The highest BCUT2D eigenvalue weighted by atomic mass is 16.6. The molecule has 2 rings (SSSR count). The quantitative estimate of drug-likeness (QED) is 0.482. The van der Waals surface area contributed by atoms with E-state index in [0.29, 0.717) is 12.0 Å². The van der Waals surface area contributed by atoms with Crippen LogP contribution in [0.5, 0.6) is 0 Å². The SMILES string of the molecule is CC(=O)c1ccc(N2CCC(C)CC2C)cc1[N+](=O)[O-]. The van der Waals surface area contributed by atoms with Crippen molar-refractivity contribution in [3.63, 3.8) is 0 Å². The van der Waals surface area contributed by atoms with E-state index in [0.717, 1.165) is 25.1 Å². The molecule has 0 radical (unpaired) electrons. The number of nitro benzene ring substituents is 1. The smallest absolute Gasteiger partial charge is 0.282 e. The van der Waals surface area contributed by atoms with Crippen LogP contribution in [0.1, 0.15) is 44.0 Å². The van der Waals surface area contributed by atoms with Gasteiger partial charge in [-0.3, -0.25) is 14.9 Å². The van der Waals surface area contributed by atoms with Gasteiger partial charge >= 0.3 is 0 Å². The molecule has 20 heavy (non-hydrogen) atoms. The van der Waals surface area contributed by atoms with Gasteiger partial charge in [-0.05, 0) is 44.7 Å². The molecule has 2 atom stereocenters. The minimum absolute atomic E-state index is 0.0965. The Labute approximate surface area is 118 Å². The molecule has 0 aromatic heterocycles. The maximum absolute atomic E-state index is 11.4. The van der Waals surface area contributed by atoms with Crippen molar-refractivity contribution in [2.45, 2.75) is 39.7 Å². The topological polar surface area (TPSA) is 63.5 Å². The molecule has 108 valence electrons. The van der Waals surface area contributed by atoms with Crippen molar-refractivity contribution in [3.8, 4) is 0 Å². The first-order chi connectivity index (χ1) is 9.40. The number of carbonyl (C=O) groups is 1. The fraction of sp³-hybridized carbons (Fsp3) is 0.533. The molecule has 1 fully saturated rings. The molecular formula is C15H20N2O3. The van der Waals surface area contributed by atoms with Crippen LogP contribution in [0.15, 0.2) is 18.2 Å². The Balaban J connectivity index is 2.36. The van der Waals surface area contributed by atoms with E-state index in [2.05, 4.69) is 18.7 Å². The Morgan fingerprint density at radius 1 is 1.40 bits per heavy atom. The van der Waals surface area contributed by atoms with Crippen LogP contribution >= 0.6 is 0 Å². The van der Waals surface area contributed by atoms with Crippen LogP contribution in [0.4, 0.5) is 11.4 Å². The van der Waals surface area contributed by atoms with Crippen LogP contribution in [-0.4, -0.2) is 23.3 Å². The zero-order valence-corrected chi connectivity index (χ0v) is 12.1. The van der Waals surface area contributed by atoms with Crippen LogP contribution in [0, 0.1) is 16.0 Å². The molecule has 0 N–H and O–H groups in total. The van der Waals surface area contributed by atoms with Crippen LogP contribution in [0.3, 0.4) is 0 Å². The first kappa shape index (κ1) is 14.5. The van der Waals surface area contributed by atoms with Crippen LogP contribution in [-0.2, 0) is 0 Å². The first-order valence-electron chi connectivity index (χ1n) is 6.96. The Hall–Kier alpha value is -1.91. The lowest BCUT2D eigenvalue weighted by molar-refractivity contribution is -0.385. The third kappa shape index (κ3) is 2.81. The van der Waals surface area contributed by atoms with E-state index in [4.69, 9.17) is 0 Å². The molecule has 1 aromatic carbocycles. The summed E-state index contributed by atoms with van der Waals surface area (Å²) in [6.07, 6.45) is 2.18. The molecule has 2 unspecified atom stereocenters. The molecular weight excluding hydrogens is 256 g/mol. The van der Waals surface area contributed by atoms with Gasteiger partial charge in [-0.1, -0.05) is 6.92 Å². The molecule has 0 spiro atoms. The lowest BCUT2D eigenvalue weighted by Gasteiger charge is -2.38. The van der Waals surface area contributed by atoms with Crippen molar-refractivity contribution >= 4 is 17.2 Å². The van der Waals surface area contributed by atoms with Crippen LogP contribution in [0.2, 0.25) is 0 Å². The summed E-state index contributed by atoms with van der Waals surface area (Å²) < 4.78 is 0. The third-order valence-electron chi connectivity index (χ3n) is 4.03. The van der Waals surface area contributed by atoms with Gasteiger partial charge in [-0.15, -0.1) is 0 Å². The van der Waals surface area contributed by atoms with Crippen LogP contribution in [0.25, 0.3) is 0 Å². The molecule has 0 saturated carbocycles. The summed E-state index contributed by atoms with van der Waals surface area (Å²) >= 11 is 0. The number of hydrogen-bond acceptors (Lipinski definition) is 4. The largest absolute Gasteiger partial charge is 0.369 e. The summed E-state index contributed by atoms with van der Waals surface area (Å²) in [7, 11) is 0. The molecule has 0 bridgehead atoms. The molecule has 0 amide bonds. The number of hydrogen-bond donors (Lipinski definition) is 0. The maximum Gasteiger partial charge on any atom is 0.282 e. The van der Waals surface area contributed by atoms with E-state index in [-0.39, 0.29) is 17.0 Å². The summed E-state index contributed by atoms with van der Waals surface area (Å²) in [4.78, 5) is 24.3. The second-order valence-corrected chi connectivity index (χ2v) is 5.69. The average Bonchev–Trinajstić information content (AvgIpc) is 2.37. The number of nitro groups is 1. The number of piperidine rings is 1. The molecule has 5 nitrogen and oxygen atoms in total. The second-order valence-electron chi connectivity index (χ2n) is 5.69. The number of nitrogens with zero attached hydrogens (tertiary/aromatic N) is 2. The Kier molecular flexibility index (Phi) is 4.06. The Morgan fingerprint density at radius 3 is 2.65 bits per heavy atom. The first-order valence-corrected chi connectivity index (χ1v) is 6.96. The van der Waals surface area contributed by atoms with Gasteiger partial charge < -0.3 is 4.90 Å². The number of rotatable bonds is 3. The minimum Gasteiger partial charge on any atom is -0.369 e. The summed E-state index contributed by atoms with van der Waals surface area (Å²) in [5, 5.41) is 11.1. The lowest BCUT2D eigenvalue weighted by atomic mass is 9.92. The predicted molar refractivity (Wildman–Crippen MR) is 78.3 cm³/mol. The summed E-state index contributed by atoms with van der Waals surface area (Å²) in [6.45, 7) is 6.63. The summed E-state index contributed by atoms with van der Waals surface area (Å²) in [5.41, 5.74) is 0.915. The zero-order valence-electron chi connectivity index (χ0n) is 12.1. The van der Waals surface area contributed by atoms with Gasteiger partial charge in [0.1, 0.15) is 0 Å². The number of benzene rings is 1.